The van der Waals surface area contributed by atoms with Gasteiger partial charge in [-0.25, -0.2) is 4.79 Å². The lowest BCUT2D eigenvalue weighted by atomic mass is 9.98. The van der Waals surface area contributed by atoms with Crippen LogP contribution in [-0.4, -0.2) is 25.0 Å². The quantitative estimate of drug-likeness (QED) is 0.400. The van der Waals surface area contributed by atoms with E-state index in [9.17, 15) is 14.9 Å². The van der Waals surface area contributed by atoms with Crippen molar-refractivity contribution >= 4 is 17.6 Å². The zero-order valence-corrected chi connectivity index (χ0v) is 17.9. The fourth-order valence-corrected chi connectivity index (χ4v) is 3.73. The van der Waals surface area contributed by atoms with E-state index in [0.717, 1.165) is 25.7 Å². The van der Waals surface area contributed by atoms with E-state index in [1.54, 1.807) is 24.3 Å². The van der Waals surface area contributed by atoms with E-state index < -0.39 is 5.97 Å². The molecule has 0 heterocycles. The van der Waals surface area contributed by atoms with E-state index in [0.29, 0.717) is 11.3 Å². The van der Waals surface area contributed by atoms with Crippen molar-refractivity contribution in [3.63, 3.8) is 0 Å². The standard InChI is InChI=1S/C24H33N3O3/c1-30-24(29)19-12-11-15-22(16-19)26-18-20(17-25)23(28)27-21-13-9-7-5-3-2-4-6-8-10-14-21/h11-12,15-16,18,21,26H,2-10,13-14H2,1H3,(H,27,28)/b20-18-. The zero-order chi connectivity index (χ0) is 21.6. The fraction of sp³-hybridized carbons (Fsp3) is 0.542. The average Bonchev–Trinajstić information content (AvgIpc) is 2.75. The predicted molar refractivity (Wildman–Crippen MR) is 118 cm³/mol. The monoisotopic (exact) mass is 411 g/mol. The van der Waals surface area contributed by atoms with Crippen molar-refractivity contribution in [2.24, 2.45) is 0 Å². The van der Waals surface area contributed by atoms with Crippen LogP contribution in [0.3, 0.4) is 0 Å². The highest BCUT2D eigenvalue weighted by Crippen LogP contribution is 2.17. The Morgan fingerprint density at radius 3 is 2.20 bits per heavy atom. The number of hydrogen-bond donors (Lipinski definition) is 2. The largest absolute Gasteiger partial charge is 0.465 e. The minimum absolute atomic E-state index is 0.0181. The molecule has 0 atom stereocenters. The molecule has 0 unspecified atom stereocenters. The smallest absolute Gasteiger partial charge is 0.337 e. The van der Waals surface area contributed by atoms with E-state index in [4.69, 9.17) is 4.74 Å². The second-order valence-corrected chi connectivity index (χ2v) is 7.82. The number of rotatable bonds is 5. The number of benzene rings is 1. The molecule has 0 spiro atoms. The summed E-state index contributed by atoms with van der Waals surface area (Å²) >= 11 is 0. The maximum Gasteiger partial charge on any atom is 0.337 e. The number of esters is 1. The molecule has 0 saturated heterocycles. The summed E-state index contributed by atoms with van der Waals surface area (Å²) in [6.45, 7) is 0. The highest BCUT2D eigenvalue weighted by atomic mass is 16.5. The second kappa shape index (κ2) is 13.4. The van der Waals surface area contributed by atoms with Gasteiger partial charge in [-0.1, -0.05) is 63.9 Å². The Morgan fingerprint density at radius 2 is 1.63 bits per heavy atom. The van der Waals surface area contributed by atoms with Gasteiger partial charge in [-0.15, -0.1) is 0 Å². The molecule has 1 aromatic rings. The molecular formula is C24H33N3O3. The molecule has 1 fully saturated rings. The topological polar surface area (TPSA) is 91.2 Å². The van der Waals surface area contributed by atoms with E-state index in [1.165, 1.54) is 58.3 Å². The van der Waals surface area contributed by atoms with Crippen LogP contribution in [0.15, 0.2) is 36.0 Å². The number of carbonyl (C=O) groups is 2. The van der Waals surface area contributed by atoms with Gasteiger partial charge in [0.1, 0.15) is 11.6 Å². The van der Waals surface area contributed by atoms with Crippen LogP contribution in [-0.2, 0) is 9.53 Å². The van der Waals surface area contributed by atoms with Crippen LogP contribution in [0.1, 0.15) is 81.0 Å². The van der Waals surface area contributed by atoms with Gasteiger partial charge in [-0.2, -0.15) is 5.26 Å². The SMILES string of the molecule is COC(=O)c1cccc(N/C=C(/C#N)C(=O)NC2CCCCCCCCCCC2)c1. The number of anilines is 1. The molecule has 0 aromatic heterocycles. The van der Waals surface area contributed by atoms with Gasteiger partial charge < -0.3 is 15.4 Å². The van der Waals surface area contributed by atoms with Crippen LogP contribution in [0.4, 0.5) is 5.69 Å². The summed E-state index contributed by atoms with van der Waals surface area (Å²) in [4.78, 5) is 24.3. The summed E-state index contributed by atoms with van der Waals surface area (Å²) in [5, 5.41) is 15.4. The summed E-state index contributed by atoms with van der Waals surface area (Å²) < 4.78 is 4.71. The summed E-state index contributed by atoms with van der Waals surface area (Å²) in [7, 11) is 1.32. The Morgan fingerprint density at radius 1 is 1.03 bits per heavy atom. The van der Waals surface area contributed by atoms with Crippen molar-refractivity contribution in [1.82, 2.24) is 5.32 Å². The van der Waals surface area contributed by atoms with Crippen molar-refractivity contribution in [2.75, 3.05) is 12.4 Å². The molecule has 0 aliphatic heterocycles. The molecule has 1 saturated carbocycles. The Kier molecular flexibility index (Phi) is 10.5. The number of nitriles is 1. The molecule has 1 aliphatic carbocycles. The molecule has 6 heteroatoms. The van der Waals surface area contributed by atoms with Crippen LogP contribution in [0.25, 0.3) is 0 Å². The molecule has 6 nitrogen and oxygen atoms in total. The normalized spacial score (nSPS) is 17.0. The van der Waals surface area contributed by atoms with Gasteiger partial charge in [0, 0.05) is 17.9 Å². The highest BCUT2D eigenvalue weighted by molar-refractivity contribution is 5.97. The van der Waals surface area contributed by atoms with E-state index in [1.807, 2.05) is 6.07 Å². The Labute approximate surface area is 179 Å². The average molecular weight is 412 g/mol. The molecule has 0 radical (unpaired) electrons. The first-order valence-electron chi connectivity index (χ1n) is 11.0. The number of nitrogens with zero attached hydrogens (tertiary/aromatic N) is 1. The molecule has 1 aromatic carbocycles. The minimum atomic E-state index is -0.441. The number of amides is 1. The molecule has 1 amide bonds. The van der Waals surface area contributed by atoms with Crippen LogP contribution in [0.2, 0.25) is 0 Å². The Bertz CT molecular complexity index is 755. The van der Waals surface area contributed by atoms with Crippen LogP contribution in [0, 0.1) is 11.3 Å². The molecule has 162 valence electrons. The maximum absolute atomic E-state index is 12.6. The minimum Gasteiger partial charge on any atom is -0.465 e. The van der Waals surface area contributed by atoms with Crippen molar-refractivity contribution in [3.05, 3.63) is 41.6 Å². The van der Waals surface area contributed by atoms with Crippen molar-refractivity contribution < 1.29 is 14.3 Å². The first kappa shape index (κ1) is 23.5. The van der Waals surface area contributed by atoms with E-state index >= 15 is 0 Å². The van der Waals surface area contributed by atoms with Gasteiger partial charge in [0.2, 0.25) is 0 Å². The summed E-state index contributed by atoms with van der Waals surface area (Å²) in [5.74, 6) is -0.797. The van der Waals surface area contributed by atoms with Crippen molar-refractivity contribution in [3.8, 4) is 6.07 Å². The molecule has 2 rings (SSSR count). The molecule has 1 aliphatic rings. The van der Waals surface area contributed by atoms with Crippen LogP contribution in [0.5, 0.6) is 0 Å². The first-order valence-corrected chi connectivity index (χ1v) is 11.0. The van der Waals surface area contributed by atoms with Crippen molar-refractivity contribution in [2.45, 2.75) is 76.7 Å². The molecular weight excluding hydrogens is 378 g/mol. The first-order chi connectivity index (χ1) is 14.6. The highest BCUT2D eigenvalue weighted by Gasteiger charge is 2.16. The number of hydrogen-bond acceptors (Lipinski definition) is 5. The lowest BCUT2D eigenvalue weighted by Crippen LogP contribution is -2.35. The van der Waals surface area contributed by atoms with Crippen LogP contribution >= 0.6 is 0 Å². The number of methoxy groups -OCH3 is 1. The predicted octanol–water partition coefficient (Wildman–Crippen LogP) is 5.08. The Hall–Kier alpha value is -2.81. The van der Waals surface area contributed by atoms with Crippen LogP contribution < -0.4 is 10.6 Å². The third kappa shape index (κ3) is 8.28. The summed E-state index contributed by atoms with van der Waals surface area (Å²) in [6, 6.07) is 8.80. The summed E-state index contributed by atoms with van der Waals surface area (Å²) in [6.07, 6.45) is 14.4. The molecule has 30 heavy (non-hydrogen) atoms. The third-order valence-electron chi connectivity index (χ3n) is 5.47. The van der Waals surface area contributed by atoms with Gasteiger partial charge in [0.05, 0.1) is 12.7 Å². The van der Waals surface area contributed by atoms with Gasteiger partial charge in [0.15, 0.2) is 0 Å². The van der Waals surface area contributed by atoms with Gasteiger partial charge >= 0.3 is 5.97 Å². The number of nitrogens with one attached hydrogen (secondary N) is 2. The summed E-state index contributed by atoms with van der Waals surface area (Å²) in [5.41, 5.74) is 1.01. The molecule has 0 bridgehead atoms. The van der Waals surface area contributed by atoms with Gasteiger partial charge in [-0.05, 0) is 31.0 Å². The van der Waals surface area contributed by atoms with E-state index in [-0.39, 0.29) is 17.5 Å². The number of ether oxygens (including phenoxy) is 1. The van der Waals surface area contributed by atoms with Gasteiger partial charge in [-0.3, -0.25) is 4.79 Å². The lowest BCUT2D eigenvalue weighted by Gasteiger charge is -2.19. The fourth-order valence-electron chi connectivity index (χ4n) is 3.73. The van der Waals surface area contributed by atoms with E-state index in [2.05, 4.69) is 10.6 Å². The van der Waals surface area contributed by atoms with Crippen molar-refractivity contribution in [1.29, 1.82) is 5.26 Å². The zero-order valence-electron chi connectivity index (χ0n) is 17.9. The Balaban J connectivity index is 1.96. The third-order valence-corrected chi connectivity index (χ3v) is 5.47. The maximum atomic E-state index is 12.6. The number of carbonyl (C=O) groups excluding carboxylic acids is 2. The molecule has 2 N–H and O–H groups in total. The second-order valence-electron chi connectivity index (χ2n) is 7.82. The lowest BCUT2D eigenvalue weighted by molar-refractivity contribution is -0.117. The van der Waals surface area contributed by atoms with Gasteiger partial charge in [0.25, 0.3) is 5.91 Å².